The van der Waals surface area contributed by atoms with Gasteiger partial charge in [0.1, 0.15) is 21.7 Å². The lowest BCUT2D eigenvalue weighted by Gasteiger charge is -1.97. The number of hydrogen-bond acceptors (Lipinski definition) is 7. The number of ether oxygens (including phenoxy) is 1. The van der Waals surface area contributed by atoms with Gasteiger partial charge in [0.05, 0.1) is 27.4 Å². The van der Waals surface area contributed by atoms with Gasteiger partial charge in [0, 0.05) is 0 Å². The average Bonchev–Trinajstić information content (AvgIpc) is 3.09. The van der Waals surface area contributed by atoms with E-state index in [1.54, 1.807) is 19.9 Å². The number of benzene rings is 1. The summed E-state index contributed by atoms with van der Waals surface area (Å²) in [7, 11) is 0. The summed E-state index contributed by atoms with van der Waals surface area (Å²) in [4.78, 5) is 17.7. The van der Waals surface area contributed by atoms with Crippen molar-refractivity contribution in [2.75, 3.05) is 6.61 Å². The van der Waals surface area contributed by atoms with Crippen LogP contribution < -0.4 is 0 Å². The smallest absolute Gasteiger partial charge is 0.350 e. The molecule has 0 fully saturated rings. The monoisotopic (exact) mass is 344 g/mol. The zero-order chi connectivity index (χ0) is 16.6. The molecule has 0 aliphatic rings. The lowest BCUT2D eigenvalue weighted by atomic mass is 10.1. The molecule has 0 aliphatic heterocycles. The van der Waals surface area contributed by atoms with Crippen LogP contribution in [-0.4, -0.2) is 22.7 Å². The first-order valence-electron chi connectivity index (χ1n) is 6.85. The van der Waals surface area contributed by atoms with Crippen LogP contribution in [0.15, 0.2) is 18.2 Å². The summed E-state index contributed by atoms with van der Waals surface area (Å²) in [5.74, 6) is -0.314. The van der Waals surface area contributed by atoms with E-state index < -0.39 is 0 Å². The number of phenols is 1. The maximum atomic E-state index is 11.9. The predicted octanol–water partition coefficient (Wildman–Crippen LogP) is 4.09. The van der Waals surface area contributed by atoms with Gasteiger partial charge < -0.3 is 9.84 Å². The van der Waals surface area contributed by atoms with E-state index in [-0.39, 0.29) is 11.7 Å². The first-order chi connectivity index (χ1) is 11.0. The molecule has 116 valence electrons. The Hall–Kier alpha value is -2.43. The summed E-state index contributed by atoms with van der Waals surface area (Å²) >= 11 is 2.69. The molecule has 2 aromatic heterocycles. The van der Waals surface area contributed by atoms with Crippen molar-refractivity contribution >= 4 is 38.7 Å². The quantitative estimate of drug-likeness (QED) is 0.724. The number of nitrogens with zero attached hydrogens (tertiary/aromatic N) is 2. The topological polar surface area (TPSA) is 83.2 Å². The number of thiophene rings is 1. The predicted molar refractivity (Wildman–Crippen MR) is 90.0 cm³/mol. The normalized spacial score (nSPS) is 10.7. The lowest BCUT2D eigenvalue weighted by molar-refractivity contribution is 0.0531. The standard InChI is InChI=1S/C16H12N2O3S2/c1-3-21-16(20)13-8(2)18-15(23-13)12-6-9-4-11(19)5-10(7-17)14(9)22-12/h4-6,19H,3H2,1-2H3. The van der Waals surface area contributed by atoms with Gasteiger partial charge in [0.2, 0.25) is 0 Å². The molecule has 0 radical (unpaired) electrons. The van der Waals surface area contributed by atoms with Crippen LogP contribution >= 0.6 is 22.7 Å². The summed E-state index contributed by atoms with van der Waals surface area (Å²) < 4.78 is 5.82. The molecule has 0 aliphatic carbocycles. The van der Waals surface area contributed by atoms with E-state index in [2.05, 4.69) is 11.1 Å². The molecule has 0 saturated carbocycles. The van der Waals surface area contributed by atoms with Crippen LogP contribution in [0.1, 0.15) is 27.9 Å². The molecule has 3 rings (SSSR count). The number of esters is 1. The van der Waals surface area contributed by atoms with Crippen molar-refractivity contribution in [1.82, 2.24) is 4.98 Å². The number of thiazole rings is 1. The van der Waals surface area contributed by atoms with Crippen molar-refractivity contribution < 1.29 is 14.6 Å². The fourth-order valence-electron chi connectivity index (χ4n) is 2.21. The molecule has 3 aromatic rings. The maximum Gasteiger partial charge on any atom is 0.350 e. The number of phenolic OH excluding ortho intramolecular Hbond substituents is 1. The molecular formula is C16H12N2O3S2. The van der Waals surface area contributed by atoms with Crippen LogP contribution in [0, 0.1) is 18.3 Å². The van der Waals surface area contributed by atoms with Gasteiger partial charge in [-0.05, 0) is 37.4 Å². The fraction of sp³-hybridized carbons (Fsp3) is 0.188. The Labute approximate surface area is 140 Å². The molecule has 5 nitrogen and oxygen atoms in total. The summed E-state index contributed by atoms with van der Waals surface area (Å²) in [6.45, 7) is 3.85. The number of aromatic nitrogens is 1. The summed E-state index contributed by atoms with van der Waals surface area (Å²) in [5.41, 5.74) is 1.06. The Morgan fingerprint density at radius 3 is 2.87 bits per heavy atom. The molecule has 1 aromatic carbocycles. The first kappa shape index (κ1) is 15.5. The Balaban J connectivity index is 2.09. The molecular weight excluding hydrogens is 332 g/mol. The minimum Gasteiger partial charge on any atom is -0.508 e. The summed E-state index contributed by atoms with van der Waals surface area (Å²) in [6.07, 6.45) is 0. The van der Waals surface area contributed by atoms with Crippen LogP contribution in [0.5, 0.6) is 5.75 Å². The van der Waals surface area contributed by atoms with E-state index in [9.17, 15) is 15.2 Å². The SMILES string of the molecule is CCOC(=O)c1sc(-c2cc3cc(O)cc(C#N)c3s2)nc1C. The van der Waals surface area contributed by atoms with Gasteiger partial charge in [-0.2, -0.15) is 5.26 Å². The zero-order valence-corrected chi connectivity index (χ0v) is 14.0. The molecule has 0 unspecified atom stereocenters. The van der Waals surface area contributed by atoms with E-state index >= 15 is 0 Å². The number of hydrogen-bond donors (Lipinski definition) is 1. The largest absolute Gasteiger partial charge is 0.508 e. The van der Waals surface area contributed by atoms with E-state index in [0.717, 1.165) is 15.0 Å². The van der Waals surface area contributed by atoms with Gasteiger partial charge in [0.15, 0.2) is 0 Å². The van der Waals surface area contributed by atoms with E-state index in [1.165, 1.54) is 28.7 Å². The molecule has 0 bridgehead atoms. The number of aromatic hydroxyl groups is 1. The number of fused-ring (bicyclic) bond motifs is 1. The summed E-state index contributed by atoms with van der Waals surface area (Å²) in [6, 6.07) is 7.01. The number of nitriles is 1. The van der Waals surface area contributed by atoms with Gasteiger partial charge in [-0.15, -0.1) is 22.7 Å². The molecule has 0 spiro atoms. The Bertz CT molecular complexity index is 950. The molecule has 1 N–H and O–H groups in total. The number of rotatable bonds is 3. The molecule has 0 atom stereocenters. The highest BCUT2D eigenvalue weighted by Gasteiger charge is 2.19. The average molecular weight is 344 g/mol. The lowest BCUT2D eigenvalue weighted by Crippen LogP contribution is -2.03. The third kappa shape index (κ3) is 2.79. The minimum absolute atomic E-state index is 0.0564. The second kappa shape index (κ2) is 5.99. The molecule has 2 heterocycles. The second-order valence-electron chi connectivity index (χ2n) is 4.79. The third-order valence-electron chi connectivity index (χ3n) is 3.19. The van der Waals surface area contributed by atoms with Crippen molar-refractivity contribution in [2.24, 2.45) is 0 Å². The van der Waals surface area contributed by atoms with Crippen molar-refractivity contribution in [3.8, 4) is 21.7 Å². The van der Waals surface area contributed by atoms with Gasteiger partial charge in [-0.25, -0.2) is 9.78 Å². The highest BCUT2D eigenvalue weighted by Crippen LogP contribution is 2.39. The van der Waals surface area contributed by atoms with Crippen molar-refractivity contribution in [3.05, 3.63) is 34.3 Å². The van der Waals surface area contributed by atoms with Crippen LogP contribution in [0.25, 0.3) is 20.0 Å². The van der Waals surface area contributed by atoms with Crippen LogP contribution in [0.2, 0.25) is 0 Å². The van der Waals surface area contributed by atoms with Crippen LogP contribution in [-0.2, 0) is 4.74 Å². The third-order valence-corrected chi connectivity index (χ3v) is 5.68. The zero-order valence-electron chi connectivity index (χ0n) is 12.4. The van der Waals surface area contributed by atoms with Crippen LogP contribution in [0.3, 0.4) is 0 Å². The highest BCUT2D eigenvalue weighted by molar-refractivity contribution is 7.26. The second-order valence-corrected chi connectivity index (χ2v) is 6.84. The van der Waals surface area contributed by atoms with Crippen molar-refractivity contribution in [1.29, 1.82) is 5.26 Å². The number of aryl methyl sites for hydroxylation is 1. The van der Waals surface area contributed by atoms with Gasteiger partial charge in [0.25, 0.3) is 0 Å². The number of carbonyl (C=O) groups excluding carboxylic acids is 1. The molecule has 23 heavy (non-hydrogen) atoms. The van der Waals surface area contributed by atoms with Gasteiger partial charge in [-0.3, -0.25) is 0 Å². The molecule has 7 heteroatoms. The van der Waals surface area contributed by atoms with Gasteiger partial charge in [-0.1, -0.05) is 0 Å². The van der Waals surface area contributed by atoms with Gasteiger partial charge >= 0.3 is 5.97 Å². The Morgan fingerprint density at radius 1 is 1.39 bits per heavy atom. The highest BCUT2D eigenvalue weighted by atomic mass is 32.1. The van der Waals surface area contributed by atoms with Crippen molar-refractivity contribution in [2.45, 2.75) is 13.8 Å². The molecule has 0 saturated heterocycles. The van der Waals surface area contributed by atoms with E-state index in [1.807, 2.05) is 6.07 Å². The molecule has 0 amide bonds. The van der Waals surface area contributed by atoms with E-state index in [4.69, 9.17) is 4.74 Å². The minimum atomic E-state index is -0.370. The maximum absolute atomic E-state index is 11.9. The van der Waals surface area contributed by atoms with Crippen molar-refractivity contribution in [3.63, 3.8) is 0 Å². The van der Waals surface area contributed by atoms with E-state index in [0.29, 0.717) is 27.7 Å². The van der Waals surface area contributed by atoms with Crippen LogP contribution in [0.4, 0.5) is 0 Å². The number of carbonyl (C=O) groups is 1. The fourth-order valence-corrected chi connectivity index (χ4v) is 4.32. The summed E-state index contributed by atoms with van der Waals surface area (Å²) in [5, 5.41) is 20.4. The Kier molecular flexibility index (Phi) is 4.03. The Morgan fingerprint density at radius 2 is 2.17 bits per heavy atom. The first-order valence-corrected chi connectivity index (χ1v) is 8.48.